The summed E-state index contributed by atoms with van der Waals surface area (Å²) >= 11 is 0. The fourth-order valence-corrected chi connectivity index (χ4v) is 5.34. The number of carbonyl (C=O) groups excluding carboxylic acids is 1. The molecule has 3 aliphatic rings. The summed E-state index contributed by atoms with van der Waals surface area (Å²) in [5.74, 6) is 3.09. The zero-order chi connectivity index (χ0) is 15.5. The molecule has 4 atom stereocenters. The molecule has 2 fully saturated rings. The van der Waals surface area contributed by atoms with E-state index in [2.05, 4.69) is 38.1 Å². The van der Waals surface area contributed by atoms with E-state index in [9.17, 15) is 4.79 Å². The molecular formula is C20H24O2. The predicted molar refractivity (Wildman–Crippen MR) is 88.1 cm³/mol. The van der Waals surface area contributed by atoms with E-state index < -0.39 is 0 Å². The highest BCUT2D eigenvalue weighted by atomic mass is 16.5. The molecule has 0 bridgehead atoms. The van der Waals surface area contributed by atoms with Crippen LogP contribution in [0.4, 0.5) is 0 Å². The van der Waals surface area contributed by atoms with E-state index in [1.807, 2.05) is 0 Å². The molecule has 2 heteroatoms. The summed E-state index contributed by atoms with van der Waals surface area (Å²) < 4.78 is 5.42. The number of hydrogen-bond acceptors (Lipinski definition) is 2. The van der Waals surface area contributed by atoms with Gasteiger partial charge in [0.2, 0.25) is 0 Å². The Morgan fingerprint density at radius 3 is 2.86 bits per heavy atom. The quantitative estimate of drug-likeness (QED) is 0.762. The van der Waals surface area contributed by atoms with Gasteiger partial charge in [-0.3, -0.25) is 4.79 Å². The van der Waals surface area contributed by atoms with Gasteiger partial charge in [-0.2, -0.15) is 0 Å². The normalized spacial score (nSPS) is 35.8. The molecule has 22 heavy (non-hydrogen) atoms. The Morgan fingerprint density at radius 1 is 1.27 bits per heavy atom. The van der Waals surface area contributed by atoms with Crippen molar-refractivity contribution in [1.29, 1.82) is 0 Å². The number of Topliss-reactive ketones (excluding diaryl/α,β-unsaturated/α-hetero) is 1. The van der Waals surface area contributed by atoms with Crippen molar-refractivity contribution < 1.29 is 9.53 Å². The number of carbonyl (C=O) groups is 1. The Morgan fingerprint density at radius 2 is 2.09 bits per heavy atom. The molecule has 3 aliphatic carbocycles. The first kappa shape index (κ1) is 14.0. The summed E-state index contributed by atoms with van der Waals surface area (Å²) in [7, 11) is 1.73. The Labute approximate surface area is 132 Å². The molecule has 0 heterocycles. The van der Waals surface area contributed by atoms with Crippen LogP contribution in [0.25, 0.3) is 6.08 Å². The van der Waals surface area contributed by atoms with Crippen LogP contribution in [-0.4, -0.2) is 12.9 Å². The summed E-state index contributed by atoms with van der Waals surface area (Å²) in [6.45, 7) is 4.42. The molecule has 0 saturated heterocycles. The van der Waals surface area contributed by atoms with Crippen LogP contribution in [0.2, 0.25) is 0 Å². The molecule has 2 saturated carbocycles. The Kier molecular flexibility index (Phi) is 3.01. The van der Waals surface area contributed by atoms with E-state index in [4.69, 9.17) is 4.74 Å². The number of fused-ring (bicyclic) bond motifs is 5. The molecule has 0 amide bonds. The summed E-state index contributed by atoms with van der Waals surface area (Å²) in [4.78, 5) is 12.4. The third-order valence-corrected chi connectivity index (χ3v) is 6.54. The highest BCUT2D eigenvalue weighted by molar-refractivity contribution is 5.87. The minimum Gasteiger partial charge on any atom is -0.497 e. The molecule has 1 aromatic rings. The number of ketones is 1. The van der Waals surface area contributed by atoms with Crippen molar-refractivity contribution in [2.24, 2.45) is 17.3 Å². The van der Waals surface area contributed by atoms with Gasteiger partial charge < -0.3 is 4.74 Å². The smallest absolute Gasteiger partial charge is 0.139 e. The van der Waals surface area contributed by atoms with Gasteiger partial charge in [0, 0.05) is 11.8 Å². The van der Waals surface area contributed by atoms with E-state index in [0.717, 1.165) is 31.4 Å². The van der Waals surface area contributed by atoms with Crippen molar-refractivity contribution in [3.05, 3.63) is 34.9 Å². The molecule has 116 valence electrons. The van der Waals surface area contributed by atoms with Crippen molar-refractivity contribution in [2.75, 3.05) is 7.11 Å². The van der Waals surface area contributed by atoms with Crippen molar-refractivity contribution in [3.8, 4) is 5.75 Å². The van der Waals surface area contributed by atoms with Crippen molar-refractivity contribution in [2.45, 2.75) is 45.4 Å². The number of rotatable bonds is 1. The lowest BCUT2D eigenvalue weighted by molar-refractivity contribution is -0.128. The molecule has 0 N–H and O–H groups in total. The van der Waals surface area contributed by atoms with Crippen LogP contribution in [0.15, 0.2) is 18.2 Å². The summed E-state index contributed by atoms with van der Waals surface area (Å²) in [5, 5.41) is 0. The monoisotopic (exact) mass is 296 g/mol. The lowest BCUT2D eigenvalue weighted by Crippen LogP contribution is -2.41. The lowest BCUT2D eigenvalue weighted by atomic mass is 9.57. The van der Waals surface area contributed by atoms with E-state index in [1.165, 1.54) is 16.7 Å². The third kappa shape index (κ3) is 1.76. The lowest BCUT2D eigenvalue weighted by Gasteiger charge is -2.46. The van der Waals surface area contributed by atoms with E-state index in [-0.39, 0.29) is 5.41 Å². The van der Waals surface area contributed by atoms with Crippen LogP contribution in [0, 0.1) is 24.2 Å². The number of allylic oxidation sites excluding steroid dienone is 1. The minimum atomic E-state index is -0.0661. The van der Waals surface area contributed by atoms with Crippen LogP contribution in [0.5, 0.6) is 5.75 Å². The maximum absolute atomic E-state index is 12.4. The Bertz CT molecular complexity index is 673. The molecule has 1 aromatic carbocycles. The molecule has 0 spiro atoms. The second-order valence-corrected chi connectivity index (χ2v) is 7.51. The zero-order valence-electron chi connectivity index (χ0n) is 13.7. The van der Waals surface area contributed by atoms with Gasteiger partial charge in [0.25, 0.3) is 0 Å². The molecule has 0 unspecified atom stereocenters. The summed E-state index contributed by atoms with van der Waals surface area (Å²) in [6.07, 6.45) is 8.69. The molecule has 0 radical (unpaired) electrons. The number of ether oxygens (including phenoxy) is 1. The van der Waals surface area contributed by atoms with Gasteiger partial charge in [-0.1, -0.05) is 19.1 Å². The fraction of sp³-hybridized carbons (Fsp3) is 0.550. The first-order valence-electron chi connectivity index (χ1n) is 8.44. The topological polar surface area (TPSA) is 26.3 Å². The number of aryl methyl sites for hydroxylation is 1. The highest BCUT2D eigenvalue weighted by Crippen LogP contribution is 2.59. The SMILES string of the molecule is COc1cc(C)c2c(c1)C=C[C@H]1[C@H]3CCC(=O)[C@]3(C)CC[C@@H]21. The van der Waals surface area contributed by atoms with Crippen LogP contribution in [-0.2, 0) is 4.79 Å². The first-order chi connectivity index (χ1) is 10.5. The molecular weight excluding hydrogens is 272 g/mol. The van der Waals surface area contributed by atoms with E-state index >= 15 is 0 Å². The summed E-state index contributed by atoms with van der Waals surface area (Å²) in [5.41, 5.74) is 4.07. The summed E-state index contributed by atoms with van der Waals surface area (Å²) in [6, 6.07) is 4.31. The average Bonchev–Trinajstić information content (AvgIpc) is 2.82. The predicted octanol–water partition coefficient (Wildman–Crippen LogP) is 4.51. The second kappa shape index (κ2) is 4.71. The highest BCUT2D eigenvalue weighted by Gasteiger charge is 2.53. The van der Waals surface area contributed by atoms with Crippen LogP contribution < -0.4 is 4.74 Å². The first-order valence-corrected chi connectivity index (χ1v) is 8.44. The third-order valence-electron chi connectivity index (χ3n) is 6.54. The number of benzene rings is 1. The van der Waals surface area contributed by atoms with Crippen LogP contribution in [0.1, 0.15) is 55.2 Å². The van der Waals surface area contributed by atoms with Crippen molar-refractivity contribution >= 4 is 11.9 Å². The van der Waals surface area contributed by atoms with E-state index in [1.54, 1.807) is 7.11 Å². The largest absolute Gasteiger partial charge is 0.497 e. The molecule has 2 nitrogen and oxygen atoms in total. The maximum Gasteiger partial charge on any atom is 0.139 e. The molecule has 0 aliphatic heterocycles. The maximum atomic E-state index is 12.4. The Balaban J connectivity index is 1.78. The standard InChI is InChI=1S/C20H24O2/c1-12-10-14(22-3)11-13-4-5-15-16(19(12)13)8-9-20(2)17(15)6-7-18(20)21/h4-5,10-11,15-17H,6-9H2,1-3H3/t15-,16-,17-,20-/m1/s1. The average molecular weight is 296 g/mol. The van der Waals surface area contributed by atoms with Gasteiger partial charge in [-0.25, -0.2) is 0 Å². The zero-order valence-corrected chi connectivity index (χ0v) is 13.7. The molecule has 0 aromatic heterocycles. The number of methoxy groups -OCH3 is 1. The van der Waals surface area contributed by atoms with Crippen LogP contribution >= 0.6 is 0 Å². The van der Waals surface area contributed by atoms with Crippen molar-refractivity contribution in [1.82, 2.24) is 0 Å². The second-order valence-electron chi connectivity index (χ2n) is 7.51. The Hall–Kier alpha value is -1.57. The minimum absolute atomic E-state index is 0.0661. The van der Waals surface area contributed by atoms with Gasteiger partial charge >= 0.3 is 0 Å². The van der Waals surface area contributed by atoms with E-state index in [0.29, 0.717) is 23.5 Å². The van der Waals surface area contributed by atoms with Crippen LogP contribution in [0.3, 0.4) is 0 Å². The van der Waals surface area contributed by atoms with Crippen molar-refractivity contribution in [3.63, 3.8) is 0 Å². The van der Waals surface area contributed by atoms with Gasteiger partial charge in [0.15, 0.2) is 0 Å². The van der Waals surface area contributed by atoms with Gasteiger partial charge in [0.05, 0.1) is 7.11 Å². The van der Waals surface area contributed by atoms with Gasteiger partial charge in [-0.05, 0) is 72.8 Å². The number of hydrogen-bond donors (Lipinski definition) is 0. The fourth-order valence-electron chi connectivity index (χ4n) is 5.34. The van der Waals surface area contributed by atoms with Gasteiger partial charge in [-0.15, -0.1) is 0 Å². The van der Waals surface area contributed by atoms with Gasteiger partial charge in [0.1, 0.15) is 11.5 Å². The molecule has 4 rings (SSSR count).